The van der Waals surface area contributed by atoms with Crippen LogP contribution in [-0.4, -0.2) is 37.6 Å². The van der Waals surface area contributed by atoms with Crippen molar-refractivity contribution in [3.05, 3.63) is 29.8 Å². The molecule has 1 unspecified atom stereocenters. The standard InChI is InChI=1S/C17H24F2N2O2.ClH/c1-12(2)10-23-14-5-3-13(4-6-14)7-8-20-16(22)15-9-17(18,19)11-21-15;/h3-6,12,15,21H,7-11H2,1-2H3,(H,20,22);1H. The van der Waals surface area contributed by atoms with Crippen LogP contribution in [0.25, 0.3) is 0 Å². The molecular weight excluding hydrogens is 338 g/mol. The number of carbonyl (C=O) groups excluding carboxylic acids is 1. The van der Waals surface area contributed by atoms with Crippen molar-refractivity contribution in [1.29, 1.82) is 0 Å². The van der Waals surface area contributed by atoms with Crippen LogP contribution in [0.4, 0.5) is 8.78 Å². The fraction of sp³-hybridized carbons (Fsp3) is 0.588. The Hall–Kier alpha value is -1.40. The second-order valence-electron chi connectivity index (χ2n) is 6.38. The molecule has 0 saturated carbocycles. The van der Waals surface area contributed by atoms with Gasteiger partial charge in [0.1, 0.15) is 5.75 Å². The number of hydrogen-bond acceptors (Lipinski definition) is 3. The van der Waals surface area contributed by atoms with Crippen LogP contribution >= 0.6 is 12.4 Å². The fourth-order valence-corrected chi connectivity index (χ4v) is 2.37. The number of rotatable bonds is 7. The number of halogens is 3. The van der Waals surface area contributed by atoms with E-state index in [0.29, 0.717) is 25.5 Å². The minimum Gasteiger partial charge on any atom is -0.493 e. The molecule has 2 N–H and O–H groups in total. The zero-order valence-corrected chi connectivity index (χ0v) is 14.8. The highest BCUT2D eigenvalue weighted by atomic mass is 35.5. The molecular formula is C17H25ClF2N2O2. The first kappa shape index (κ1) is 20.6. The first-order valence-electron chi connectivity index (χ1n) is 7.96. The third kappa shape index (κ3) is 6.61. The Morgan fingerprint density at radius 2 is 2.04 bits per heavy atom. The summed E-state index contributed by atoms with van der Waals surface area (Å²) in [5.74, 6) is -1.85. The molecule has 1 fully saturated rings. The van der Waals surface area contributed by atoms with E-state index in [1.54, 1.807) is 0 Å². The largest absolute Gasteiger partial charge is 0.493 e. The molecule has 2 rings (SSSR count). The normalized spacial score (nSPS) is 19.0. The zero-order chi connectivity index (χ0) is 16.9. The molecule has 1 aliphatic heterocycles. The van der Waals surface area contributed by atoms with E-state index < -0.39 is 24.9 Å². The summed E-state index contributed by atoms with van der Waals surface area (Å²) in [6.45, 7) is 4.85. The lowest BCUT2D eigenvalue weighted by Crippen LogP contribution is -2.41. The Labute approximate surface area is 147 Å². The van der Waals surface area contributed by atoms with Crippen molar-refractivity contribution in [1.82, 2.24) is 10.6 Å². The van der Waals surface area contributed by atoms with E-state index in [2.05, 4.69) is 24.5 Å². The van der Waals surface area contributed by atoms with Crippen molar-refractivity contribution in [3.8, 4) is 5.75 Å². The third-order valence-electron chi connectivity index (χ3n) is 3.65. The molecule has 4 nitrogen and oxygen atoms in total. The average Bonchev–Trinajstić information content (AvgIpc) is 2.86. The highest BCUT2D eigenvalue weighted by Crippen LogP contribution is 2.25. The third-order valence-corrected chi connectivity index (χ3v) is 3.65. The van der Waals surface area contributed by atoms with E-state index in [1.807, 2.05) is 24.3 Å². The molecule has 1 saturated heterocycles. The van der Waals surface area contributed by atoms with Gasteiger partial charge in [0.25, 0.3) is 5.92 Å². The Morgan fingerprint density at radius 3 is 2.58 bits per heavy atom. The SMILES string of the molecule is CC(C)COc1ccc(CCNC(=O)C2CC(F)(F)CN2)cc1.Cl. The molecule has 1 aliphatic rings. The summed E-state index contributed by atoms with van der Waals surface area (Å²) < 4.78 is 31.7. The van der Waals surface area contributed by atoms with Gasteiger partial charge in [0, 0.05) is 13.0 Å². The van der Waals surface area contributed by atoms with Crippen molar-refractivity contribution in [2.24, 2.45) is 5.92 Å². The molecule has 1 heterocycles. The smallest absolute Gasteiger partial charge is 0.262 e. The maximum Gasteiger partial charge on any atom is 0.262 e. The van der Waals surface area contributed by atoms with Crippen LogP contribution in [0.1, 0.15) is 25.8 Å². The van der Waals surface area contributed by atoms with Gasteiger partial charge in [0.2, 0.25) is 5.91 Å². The van der Waals surface area contributed by atoms with Gasteiger partial charge in [0.05, 0.1) is 19.2 Å². The summed E-state index contributed by atoms with van der Waals surface area (Å²) in [4.78, 5) is 11.8. The Kier molecular flexibility index (Phi) is 7.90. The van der Waals surface area contributed by atoms with Crippen LogP contribution in [0.2, 0.25) is 0 Å². The molecule has 24 heavy (non-hydrogen) atoms. The molecule has 1 atom stereocenters. The van der Waals surface area contributed by atoms with E-state index in [0.717, 1.165) is 11.3 Å². The van der Waals surface area contributed by atoms with Gasteiger partial charge in [-0.25, -0.2) is 8.78 Å². The second kappa shape index (κ2) is 9.18. The van der Waals surface area contributed by atoms with Gasteiger partial charge in [-0.3, -0.25) is 10.1 Å². The van der Waals surface area contributed by atoms with Gasteiger partial charge in [0.15, 0.2) is 0 Å². The van der Waals surface area contributed by atoms with Crippen molar-refractivity contribution >= 4 is 18.3 Å². The van der Waals surface area contributed by atoms with Crippen molar-refractivity contribution in [3.63, 3.8) is 0 Å². The topological polar surface area (TPSA) is 50.4 Å². The molecule has 1 aromatic carbocycles. The quantitative estimate of drug-likeness (QED) is 0.784. The molecule has 0 aliphatic carbocycles. The van der Waals surface area contributed by atoms with Crippen LogP contribution in [0, 0.1) is 5.92 Å². The summed E-state index contributed by atoms with van der Waals surface area (Å²) in [6.07, 6.45) is 0.222. The van der Waals surface area contributed by atoms with E-state index >= 15 is 0 Å². The molecule has 0 aromatic heterocycles. The Balaban J connectivity index is 0.00000288. The van der Waals surface area contributed by atoms with Gasteiger partial charge in [-0.2, -0.15) is 0 Å². The highest BCUT2D eigenvalue weighted by Gasteiger charge is 2.42. The molecule has 136 valence electrons. The van der Waals surface area contributed by atoms with Crippen molar-refractivity contribution < 1.29 is 18.3 Å². The maximum absolute atomic E-state index is 13.0. The molecule has 1 aromatic rings. The summed E-state index contributed by atoms with van der Waals surface area (Å²) >= 11 is 0. The lowest BCUT2D eigenvalue weighted by Gasteiger charge is -2.12. The number of amides is 1. The zero-order valence-electron chi connectivity index (χ0n) is 14.0. The van der Waals surface area contributed by atoms with Crippen molar-refractivity contribution in [2.75, 3.05) is 19.7 Å². The number of hydrogen-bond donors (Lipinski definition) is 2. The van der Waals surface area contributed by atoms with Crippen LogP contribution in [-0.2, 0) is 11.2 Å². The predicted octanol–water partition coefficient (Wildman–Crippen LogP) is 2.80. The molecule has 0 bridgehead atoms. The van der Waals surface area contributed by atoms with Crippen LogP contribution in [0.5, 0.6) is 5.75 Å². The molecule has 0 radical (unpaired) electrons. The first-order valence-corrected chi connectivity index (χ1v) is 7.96. The predicted molar refractivity (Wildman–Crippen MR) is 92.1 cm³/mol. The van der Waals surface area contributed by atoms with Crippen LogP contribution < -0.4 is 15.4 Å². The second-order valence-corrected chi connectivity index (χ2v) is 6.38. The Morgan fingerprint density at radius 1 is 1.38 bits per heavy atom. The minimum absolute atomic E-state index is 0. The molecule has 7 heteroatoms. The number of alkyl halides is 2. The molecule has 0 spiro atoms. The average molecular weight is 363 g/mol. The van der Waals surface area contributed by atoms with Crippen molar-refractivity contribution in [2.45, 2.75) is 38.7 Å². The summed E-state index contributed by atoms with van der Waals surface area (Å²) in [5.41, 5.74) is 1.06. The van der Waals surface area contributed by atoms with Gasteiger partial charge in [-0.05, 0) is 30.0 Å². The molecule has 1 amide bonds. The lowest BCUT2D eigenvalue weighted by atomic mass is 10.1. The van der Waals surface area contributed by atoms with Crippen LogP contribution in [0.3, 0.4) is 0 Å². The van der Waals surface area contributed by atoms with Gasteiger partial charge in [-0.15, -0.1) is 12.4 Å². The monoisotopic (exact) mass is 362 g/mol. The van der Waals surface area contributed by atoms with E-state index in [4.69, 9.17) is 4.74 Å². The van der Waals surface area contributed by atoms with Gasteiger partial charge in [-0.1, -0.05) is 26.0 Å². The van der Waals surface area contributed by atoms with E-state index in [9.17, 15) is 13.6 Å². The number of benzene rings is 1. The van der Waals surface area contributed by atoms with Crippen LogP contribution in [0.15, 0.2) is 24.3 Å². The lowest BCUT2D eigenvalue weighted by molar-refractivity contribution is -0.123. The summed E-state index contributed by atoms with van der Waals surface area (Å²) in [7, 11) is 0. The fourth-order valence-electron chi connectivity index (χ4n) is 2.37. The number of ether oxygens (including phenoxy) is 1. The van der Waals surface area contributed by atoms with Gasteiger partial charge >= 0.3 is 0 Å². The van der Waals surface area contributed by atoms with E-state index in [1.165, 1.54) is 0 Å². The summed E-state index contributed by atoms with van der Waals surface area (Å²) in [5, 5.41) is 5.25. The minimum atomic E-state index is -2.78. The number of nitrogens with one attached hydrogen (secondary N) is 2. The Bertz CT molecular complexity index is 524. The first-order chi connectivity index (χ1) is 10.9. The highest BCUT2D eigenvalue weighted by molar-refractivity contribution is 5.85. The van der Waals surface area contributed by atoms with Gasteiger partial charge < -0.3 is 10.1 Å². The summed E-state index contributed by atoms with van der Waals surface area (Å²) in [6, 6.07) is 6.90. The number of carbonyl (C=O) groups is 1. The van der Waals surface area contributed by atoms with E-state index in [-0.39, 0.29) is 18.3 Å². The maximum atomic E-state index is 13.0.